The highest BCUT2D eigenvalue weighted by molar-refractivity contribution is 6.89. The van der Waals surface area contributed by atoms with Crippen molar-refractivity contribution in [2.45, 2.75) is 39.4 Å². The van der Waals surface area contributed by atoms with Gasteiger partial charge in [0.25, 0.3) is 0 Å². The number of para-hydroxylation sites is 1. The first-order valence-electron chi connectivity index (χ1n) is 7.69. The van der Waals surface area contributed by atoms with E-state index in [1.165, 1.54) is 11.0 Å². The van der Waals surface area contributed by atoms with Crippen LogP contribution in [0.3, 0.4) is 0 Å². The van der Waals surface area contributed by atoms with Gasteiger partial charge in [-0.2, -0.15) is 0 Å². The maximum Gasteiger partial charge on any atom is 0.224 e. The van der Waals surface area contributed by atoms with Crippen LogP contribution in [0.25, 0.3) is 0 Å². The molecule has 0 atom stereocenters. The van der Waals surface area contributed by atoms with Crippen molar-refractivity contribution in [1.82, 2.24) is 0 Å². The van der Waals surface area contributed by atoms with Gasteiger partial charge in [-0.15, -0.1) is 0 Å². The molecule has 0 fully saturated rings. The highest BCUT2D eigenvalue weighted by atomic mass is 16.5. The van der Waals surface area contributed by atoms with Gasteiger partial charge in [0.2, 0.25) is 6.71 Å². The Hall–Kier alpha value is -1.90. The molecule has 0 bridgehead atoms. The summed E-state index contributed by atoms with van der Waals surface area (Å²) in [6.07, 6.45) is 0. The van der Waals surface area contributed by atoms with Gasteiger partial charge in [-0.25, -0.2) is 0 Å². The Morgan fingerprint density at radius 2 is 1.67 bits per heavy atom. The van der Waals surface area contributed by atoms with E-state index in [0.717, 1.165) is 22.6 Å². The van der Waals surface area contributed by atoms with Crippen molar-refractivity contribution >= 4 is 23.3 Å². The maximum absolute atomic E-state index is 6.51. The molecule has 2 N–H and O–H groups in total. The summed E-state index contributed by atoms with van der Waals surface area (Å²) in [5.74, 6) is 2.76. The van der Waals surface area contributed by atoms with Gasteiger partial charge in [-0.05, 0) is 34.5 Å². The lowest BCUT2D eigenvalue weighted by molar-refractivity contribution is 0.487. The molecule has 21 heavy (non-hydrogen) atoms. The van der Waals surface area contributed by atoms with E-state index in [1.807, 2.05) is 12.1 Å². The van der Waals surface area contributed by atoms with Crippen molar-refractivity contribution in [3.63, 3.8) is 0 Å². The van der Waals surface area contributed by atoms with Crippen LogP contribution < -0.4 is 21.4 Å². The molecule has 0 radical (unpaired) electrons. The van der Waals surface area contributed by atoms with Crippen LogP contribution in [0.2, 0.25) is 5.82 Å². The lowest BCUT2D eigenvalue weighted by Gasteiger charge is -2.31. The second-order valence-electron chi connectivity index (χ2n) is 6.50. The van der Waals surface area contributed by atoms with E-state index in [9.17, 15) is 0 Å². The SMILES string of the molecule is CC(C)B1c2ccccc2Oc2ccc(C(C)C)c(N)c21. The molecule has 1 aliphatic heterocycles. The van der Waals surface area contributed by atoms with Crippen molar-refractivity contribution in [2.75, 3.05) is 5.73 Å². The number of anilines is 1. The first kappa shape index (κ1) is 14.1. The van der Waals surface area contributed by atoms with Crippen LogP contribution in [0.4, 0.5) is 5.69 Å². The summed E-state index contributed by atoms with van der Waals surface area (Å²) < 4.78 is 6.09. The summed E-state index contributed by atoms with van der Waals surface area (Å²) in [5.41, 5.74) is 11.0. The van der Waals surface area contributed by atoms with Crippen LogP contribution in [-0.2, 0) is 0 Å². The number of hydrogen-bond donors (Lipinski definition) is 1. The predicted molar refractivity (Wildman–Crippen MR) is 91.6 cm³/mol. The van der Waals surface area contributed by atoms with Crippen molar-refractivity contribution in [2.24, 2.45) is 0 Å². The number of benzene rings is 2. The molecule has 3 heteroatoms. The van der Waals surface area contributed by atoms with Crippen LogP contribution in [0.1, 0.15) is 39.2 Å². The fourth-order valence-corrected chi connectivity index (χ4v) is 3.34. The molecule has 1 aliphatic rings. The lowest BCUT2D eigenvalue weighted by atomic mass is 9.33. The fraction of sp³-hybridized carbons (Fsp3) is 0.333. The second kappa shape index (κ2) is 5.14. The maximum atomic E-state index is 6.51. The number of fused-ring (bicyclic) bond motifs is 2. The highest BCUT2D eigenvalue weighted by Gasteiger charge is 2.35. The van der Waals surface area contributed by atoms with Crippen LogP contribution in [-0.4, -0.2) is 6.71 Å². The molecule has 108 valence electrons. The average Bonchev–Trinajstić information content (AvgIpc) is 2.44. The van der Waals surface area contributed by atoms with E-state index in [2.05, 4.69) is 52.0 Å². The first-order valence-corrected chi connectivity index (χ1v) is 7.69. The monoisotopic (exact) mass is 279 g/mol. The minimum Gasteiger partial charge on any atom is -0.458 e. The normalized spacial score (nSPS) is 13.1. The standard InChI is InChI=1S/C18H22BNO/c1-11(2)13-9-10-16-17(18(13)20)19(12(3)4)14-7-5-6-8-15(14)21-16/h5-12H,20H2,1-4H3. The summed E-state index contributed by atoms with van der Waals surface area (Å²) in [6.45, 7) is 9.15. The number of nitrogen functional groups attached to an aromatic ring is 1. The summed E-state index contributed by atoms with van der Waals surface area (Å²) in [5, 5.41) is 0. The van der Waals surface area contributed by atoms with Gasteiger partial charge in [-0.1, -0.05) is 57.8 Å². The van der Waals surface area contributed by atoms with Crippen LogP contribution >= 0.6 is 0 Å². The van der Waals surface area contributed by atoms with Gasteiger partial charge in [0.05, 0.1) is 0 Å². The summed E-state index contributed by atoms with van der Waals surface area (Å²) in [4.78, 5) is 0. The van der Waals surface area contributed by atoms with E-state index in [4.69, 9.17) is 10.5 Å². The molecule has 2 aromatic carbocycles. The zero-order valence-electron chi connectivity index (χ0n) is 13.2. The molecule has 0 aromatic heterocycles. The smallest absolute Gasteiger partial charge is 0.224 e. The number of nitrogens with two attached hydrogens (primary N) is 1. The Bertz CT molecular complexity index is 679. The average molecular weight is 279 g/mol. The fourth-order valence-electron chi connectivity index (χ4n) is 3.34. The van der Waals surface area contributed by atoms with Crippen molar-refractivity contribution < 1.29 is 4.74 Å². The molecule has 2 nitrogen and oxygen atoms in total. The first-order chi connectivity index (χ1) is 10.0. The lowest BCUT2D eigenvalue weighted by Crippen LogP contribution is -2.49. The summed E-state index contributed by atoms with van der Waals surface area (Å²) in [7, 11) is 0. The van der Waals surface area contributed by atoms with Gasteiger partial charge >= 0.3 is 0 Å². The Morgan fingerprint density at radius 3 is 2.33 bits per heavy atom. The third kappa shape index (κ3) is 2.21. The number of ether oxygens (including phenoxy) is 1. The van der Waals surface area contributed by atoms with E-state index in [-0.39, 0.29) is 0 Å². The summed E-state index contributed by atoms with van der Waals surface area (Å²) in [6, 6.07) is 12.5. The van der Waals surface area contributed by atoms with Crippen LogP contribution in [0.15, 0.2) is 36.4 Å². The molecule has 0 unspecified atom stereocenters. The molecule has 0 amide bonds. The van der Waals surface area contributed by atoms with Crippen LogP contribution in [0.5, 0.6) is 11.5 Å². The Morgan fingerprint density at radius 1 is 0.952 bits per heavy atom. The molecule has 0 aliphatic carbocycles. The summed E-state index contributed by atoms with van der Waals surface area (Å²) >= 11 is 0. The zero-order chi connectivity index (χ0) is 15.1. The third-order valence-corrected chi connectivity index (χ3v) is 4.35. The predicted octanol–water partition coefficient (Wildman–Crippen LogP) is 3.52. The van der Waals surface area contributed by atoms with Crippen molar-refractivity contribution in [3.05, 3.63) is 42.0 Å². The largest absolute Gasteiger partial charge is 0.458 e. The molecular formula is C18H22BNO. The minimum absolute atomic E-state index is 0.295. The van der Waals surface area contributed by atoms with Gasteiger partial charge < -0.3 is 10.5 Å². The van der Waals surface area contributed by atoms with E-state index >= 15 is 0 Å². The topological polar surface area (TPSA) is 35.2 Å². The minimum atomic E-state index is 0.295. The highest BCUT2D eigenvalue weighted by Crippen LogP contribution is 2.33. The molecule has 3 rings (SSSR count). The number of rotatable bonds is 2. The molecule has 0 spiro atoms. The molecule has 0 saturated carbocycles. The Balaban J connectivity index is 2.24. The van der Waals surface area contributed by atoms with E-state index < -0.39 is 0 Å². The van der Waals surface area contributed by atoms with Gasteiger partial charge in [0.15, 0.2) is 0 Å². The molecule has 2 aromatic rings. The van der Waals surface area contributed by atoms with Gasteiger partial charge in [-0.3, -0.25) is 0 Å². The molecule has 0 saturated heterocycles. The van der Waals surface area contributed by atoms with E-state index in [0.29, 0.717) is 18.4 Å². The van der Waals surface area contributed by atoms with Crippen LogP contribution in [0, 0.1) is 0 Å². The van der Waals surface area contributed by atoms with E-state index in [1.54, 1.807) is 0 Å². The molecule has 1 heterocycles. The Kier molecular flexibility index (Phi) is 3.44. The van der Waals surface area contributed by atoms with Gasteiger partial charge in [0.1, 0.15) is 11.5 Å². The zero-order valence-corrected chi connectivity index (χ0v) is 13.2. The molecular weight excluding hydrogens is 257 g/mol. The van der Waals surface area contributed by atoms with Crippen molar-refractivity contribution in [3.8, 4) is 11.5 Å². The van der Waals surface area contributed by atoms with Gasteiger partial charge in [0, 0.05) is 5.69 Å². The van der Waals surface area contributed by atoms with Crippen molar-refractivity contribution in [1.29, 1.82) is 0 Å². The second-order valence-corrected chi connectivity index (χ2v) is 6.50. The number of hydrogen-bond acceptors (Lipinski definition) is 2. The quantitative estimate of drug-likeness (QED) is 0.674. The third-order valence-electron chi connectivity index (χ3n) is 4.35. The Labute approximate surface area is 127 Å².